The molecule has 1 aromatic heterocycles. The molecule has 0 aliphatic heterocycles. The first-order valence-electron chi connectivity index (χ1n) is 8.11. The molecule has 0 atom stereocenters. The Morgan fingerprint density at radius 1 is 1.04 bits per heavy atom. The standard InChI is InChI=1S/C19H22N4O2/c1-23-19(21-14-22-23)11-20-17-5-3-4-16(10-17)13-25-12-15-6-8-18(24-2)9-7-15/h3-10,14,20H,11-13H2,1-2H3. The Bertz CT molecular complexity index is 799. The Kier molecular flexibility index (Phi) is 5.64. The third-order valence-electron chi connectivity index (χ3n) is 3.88. The van der Waals surface area contributed by atoms with Gasteiger partial charge in [-0.1, -0.05) is 24.3 Å². The van der Waals surface area contributed by atoms with E-state index in [9.17, 15) is 0 Å². The molecule has 0 spiro atoms. The lowest BCUT2D eigenvalue weighted by Gasteiger charge is -2.09. The Morgan fingerprint density at radius 3 is 2.56 bits per heavy atom. The average Bonchev–Trinajstić information content (AvgIpc) is 3.06. The SMILES string of the molecule is COc1ccc(COCc2cccc(NCc3ncnn3C)c2)cc1. The van der Waals surface area contributed by atoms with Gasteiger partial charge in [0.05, 0.1) is 26.9 Å². The van der Waals surface area contributed by atoms with Gasteiger partial charge >= 0.3 is 0 Å². The number of benzene rings is 2. The lowest BCUT2D eigenvalue weighted by atomic mass is 10.2. The summed E-state index contributed by atoms with van der Waals surface area (Å²) in [5.74, 6) is 1.74. The second kappa shape index (κ2) is 8.30. The first-order valence-corrected chi connectivity index (χ1v) is 8.11. The van der Waals surface area contributed by atoms with Gasteiger partial charge in [-0.15, -0.1) is 0 Å². The number of methoxy groups -OCH3 is 1. The smallest absolute Gasteiger partial charge is 0.145 e. The lowest BCUT2D eigenvalue weighted by molar-refractivity contribution is 0.107. The summed E-state index contributed by atoms with van der Waals surface area (Å²) in [7, 11) is 3.55. The highest BCUT2D eigenvalue weighted by Gasteiger charge is 2.02. The normalized spacial score (nSPS) is 10.6. The van der Waals surface area contributed by atoms with Gasteiger partial charge in [0.25, 0.3) is 0 Å². The van der Waals surface area contributed by atoms with Crippen LogP contribution in [-0.2, 0) is 31.5 Å². The van der Waals surface area contributed by atoms with Crippen LogP contribution in [0.4, 0.5) is 5.69 Å². The van der Waals surface area contributed by atoms with Gasteiger partial charge in [-0.3, -0.25) is 4.68 Å². The number of ether oxygens (including phenoxy) is 2. The van der Waals surface area contributed by atoms with Gasteiger partial charge in [0, 0.05) is 12.7 Å². The van der Waals surface area contributed by atoms with E-state index in [1.54, 1.807) is 18.1 Å². The molecular weight excluding hydrogens is 316 g/mol. The van der Waals surface area contributed by atoms with Crippen molar-refractivity contribution in [3.05, 3.63) is 71.8 Å². The third kappa shape index (κ3) is 4.81. The number of nitrogens with one attached hydrogen (secondary N) is 1. The number of aryl methyl sites for hydroxylation is 1. The summed E-state index contributed by atoms with van der Waals surface area (Å²) in [5.41, 5.74) is 3.28. The fourth-order valence-corrected chi connectivity index (χ4v) is 2.44. The Labute approximate surface area is 147 Å². The monoisotopic (exact) mass is 338 g/mol. The molecule has 0 amide bonds. The summed E-state index contributed by atoms with van der Waals surface area (Å²) in [6.45, 7) is 1.76. The van der Waals surface area contributed by atoms with Crippen LogP contribution in [-0.4, -0.2) is 21.9 Å². The summed E-state index contributed by atoms with van der Waals surface area (Å²) in [6, 6.07) is 16.1. The molecule has 0 bridgehead atoms. The maximum Gasteiger partial charge on any atom is 0.145 e. The van der Waals surface area contributed by atoms with Gasteiger partial charge in [-0.25, -0.2) is 4.98 Å². The highest BCUT2D eigenvalue weighted by molar-refractivity contribution is 5.45. The van der Waals surface area contributed by atoms with E-state index in [-0.39, 0.29) is 0 Å². The van der Waals surface area contributed by atoms with Gasteiger partial charge in [0.15, 0.2) is 0 Å². The lowest BCUT2D eigenvalue weighted by Crippen LogP contribution is -2.07. The van der Waals surface area contributed by atoms with E-state index < -0.39 is 0 Å². The molecule has 3 rings (SSSR count). The molecule has 1 heterocycles. The molecule has 0 fully saturated rings. The quantitative estimate of drug-likeness (QED) is 0.684. The Morgan fingerprint density at radius 2 is 1.84 bits per heavy atom. The van der Waals surface area contributed by atoms with Crippen LogP contribution in [0.2, 0.25) is 0 Å². The summed E-state index contributed by atoms with van der Waals surface area (Å²) in [6.07, 6.45) is 1.56. The highest BCUT2D eigenvalue weighted by Crippen LogP contribution is 2.15. The molecular formula is C19H22N4O2. The maximum atomic E-state index is 5.81. The minimum absolute atomic E-state index is 0.561. The number of hydrogen-bond donors (Lipinski definition) is 1. The van der Waals surface area contributed by atoms with Crippen molar-refractivity contribution in [1.29, 1.82) is 0 Å². The zero-order valence-electron chi connectivity index (χ0n) is 14.5. The van der Waals surface area contributed by atoms with Crippen LogP contribution in [0.3, 0.4) is 0 Å². The molecule has 0 saturated heterocycles. The van der Waals surface area contributed by atoms with Crippen LogP contribution in [0.25, 0.3) is 0 Å². The number of rotatable bonds is 8. The van der Waals surface area contributed by atoms with E-state index in [2.05, 4.69) is 27.5 Å². The van der Waals surface area contributed by atoms with Crippen LogP contribution >= 0.6 is 0 Å². The van der Waals surface area contributed by atoms with Crippen molar-refractivity contribution in [2.24, 2.45) is 7.05 Å². The van der Waals surface area contributed by atoms with Gasteiger partial charge in [0.1, 0.15) is 17.9 Å². The van der Waals surface area contributed by atoms with Crippen molar-refractivity contribution in [3.63, 3.8) is 0 Å². The molecule has 3 aromatic rings. The molecule has 0 aliphatic carbocycles. The highest BCUT2D eigenvalue weighted by atomic mass is 16.5. The third-order valence-corrected chi connectivity index (χ3v) is 3.88. The zero-order valence-corrected chi connectivity index (χ0v) is 14.5. The van der Waals surface area contributed by atoms with Crippen molar-refractivity contribution < 1.29 is 9.47 Å². The van der Waals surface area contributed by atoms with Gasteiger partial charge in [-0.05, 0) is 35.4 Å². The topological polar surface area (TPSA) is 61.2 Å². The molecule has 130 valence electrons. The first kappa shape index (κ1) is 17.0. The number of aromatic nitrogens is 3. The van der Waals surface area contributed by atoms with Crippen LogP contribution in [0.5, 0.6) is 5.75 Å². The average molecular weight is 338 g/mol. The van der Waals surface area contributed by atoms with E-state index >= 15 is 0 Å². The van der Waals surface area contributed by atoms with Crippen LogP contribution in [0, 0.1) is 0 Å². The van der Waals surface area contributed by atoms with E-state index in [1.807, 2.05) is 43.4 Å². The molecule has 25 heavy (non-hydrogen) atoms. The van der Waals surface area contributed by atoms with Crippen LogP contribution in [0.15, 0.2) is 54.9 Å². The van der Waals surface area contributed by atoms with Crippen molar-refractivity contribution in [2.45, 2.75) is 19.8 Å². The molecule has 0 unspecified atom stereocenters. The molecule has 2 aromatic carbocycles. The molecule has 6 heteroatoms. The predicted octanol–water partition coefficient (Wildman–Crippen LogP) is 3.15. The largest absolute Gasteiger partial charge is 0.497 e. The Hall–Kier alpha value is -2.86. The molecule has 0 saturated carbocycles. The number of hydrogen-bond acceptors (Lipinski definition) is 5. The van der Waals surface area contributed by atoms with Crippen molar-refractivity contribution in [1.82, 2.24) is 14.8 Å². The van der Waals surface area contributed by atoms with Crippen molar-refractivity contribution in [2.75, 3.05) is 12.4 Å². The summed E-state index contributed by atoms with van der Waals surface area (Å²) in [4.78, 5) is 4.20. The molecule has 1 N–H and O–H groups in total. The van der Waals surface area contributed by atoms with Crippen molar-refractivity contribution in [3.8, 4) is 5.75 Å². The molecule has 0 aliphatic rings. The van der Waals surface area contributed by atoms with E-state index in [0.29, 0.717) is 19.8 Å². The molecule has 6 nitrogen and oxygen atoms in total. The predicted molar refractivity (Wildman–Crippen MR) is 96.3 cm³/mol. The molecule has 0 radical (unpaired) electrons. The van der Waals surface area contributed by atoms with E-state index in [1.165, 1.54) is 0 Å². The summed E-state index contributed by atoms with van der Waals surface area (Å²) in [5, 5.41) is 7.42. The fourth-order valence-electron chi connectivity index (χ4n) is 2.44. The number of nitrogens with zero attached hydrogens (tertiary/aromatic N) is 3. The van der Waals surface area contributed by atoms with Crippen molar-refractivity contribution >= 4 is 5.69 Å². The van der Waals surface area contributed by atoms with Crippen LogP contribution in [0.1, 0.15) is 17.0 Å². The summed E-state index contributed by atoms with van der Waals surface area (Å²) >= 11 is 0. The zero-order chi connectivity index (χ0) is 17.5. The van der Waals surface area contributed by atoms with Gasteiger partial charge in [0.2, 0.25) is 0 Å². The van der Waals surface area contributed by atoms with Gasteiger partial charge in [-0.2, -0.15) is 5.10 Å². The van der Waals surface area contributed by atoms with E-state index in [0.717, 1.165) is 28.4 Å². The van der Waals surface area contributed by atoms with Crippen LogP contribution < -0.4 is 10.1 Å². The second-order valence-corrected chi connectivity index (χ2v) is 5.69. The minimum Gasteiger partial charge on any atom is -0.497 e. The number of anilines is 1. The maximum absolute atomic E-state index is 5.81. The fraction of sp³-hybridized carbons (Fsp3) is 0.263. The summed E-state index contributed by atoms with van der Waals surface area (Å²) < 4.78 is 12.7. The Balaban J connectivity index is 1.50. The minimum atomic E-state index is 0.561. The second-order valence-electron chi connectivity index (χ2n) is 5.69. The van der Waals surface area contributed by atoms with Gasteiger partial charge < -0.3 is 14.8 Å². The van der Waals surface area contributed by atoms with E-state index in [4.69, 9.17) is 9.47 Å². The first-order chi connectivity index (χ1) is 12.2.